The molecule has 2 saturated heterocycles. The molecule has 118 valence electrons. The van der Waals surface area contributed by atoms with Crippen LogP contribution in [0.2, 0.25) is 0 Å². The molecule has 4 rings (SSSR count). The van der Waals surface area contributed by atoms with Crippen LogP contribution >= 0.6 is 0 Å². The Kier molecular flexibility index (Phi) is 3.95. The maximum atomic E-state index is 12.3. The van der Waals surface area contributed by atoms with Gasteiger partial charge in [0.15, 0.2) is 0 Å². The number of piperidine rings is 1. The summed E-state index contributed by atoms with van der Waals surface area (Å²) in [6.45, 7) is 0. The predicted molar refractivity (Wildman–Crippen MR) is 83.9 cm³/mol. The van der Waals surface area contributed by atoms with Crippen LogP contribution in [-0.4, -0.2) is 24.0 Å². The second kappa shape index (κ2) is 5.91. The van der Waals surface area contributed by atoms with E-state index in [1.807, 2.05) is 0 Å². The minimum absolute atomic E-state index is 0.338. The number of hydrogen-bond acceptors (Lipinski definition) is 2. The van der Waals surface area contributed by atoms with Crippen molar-refractivity contribution in [3.63, 3.8) is 0 Å². The van der Waals surface area contributed by atoms with Gasteiger partial charge in [0.05, 0.1) is 0 Å². The smallest absolute Gasteiger partial charge is 0.220 e. The Morgan fingerprint density at radius 2 is 1.67 bits per heavy atom. The summed E-state index contributed by atoms with van der Waals surface area (Å²) in [4.78, 5) is 12.3. The van der Waals surface area contributed by atoms with Crippen molar-refractivity contribution in [3.8, 4) is 0 Å². The normalized spacial score (nSPS) is 42.8. The lowest BCUT2D eigenvalue weighted by Crippen LogP contribution is -2.40. The van der Waals surface area contributed by atoms with Crippen LogP contribution in [0.1, 0.15) is 70.6 Å². The zero-order valence-corrected chi connectivity index (χ0v) is 13.2. The third-order valence-electron chi connectivity index (χ3n) is 6.49. The SMILES string of the molecule is O=C(CC1CC2CCC(C1)N2)NC1CC1C1CCCCC1. The molecular formula is C18H30N2O. The van der Waals surface area contributed by atoms with Gasteiger partial charge in [0.2, 0.25) is 5.91 Å². The summed E-state index contributed by atoms with van der Waals surface area (Å²) in [5.74, 6) is 2.71. The van der Waals surface area contributed by atoms with Crippen molar-refractivity contribution in [2.75, 3.05) is 0 Å². The molecule has 3 heteroatoms. The lowest BCUT2D eigenvalue weighted by atomic mass is 9.85. The number of hydrogen-bond donors (Lipinski definition) is 2. The third kappa shape index (κ3) is 3.28. The van der Waals surface area contributed by atoms with Gasteiger partial charge in [-0.25, -0.2) is 0 Å². The Balaban J connectivity index is 1.20. The lowest BCUT2D eigenvalue weighted by Gasteiger charge is -2.28. The van der Waals surface area contributed by atoms with Crippen LogP contribution in [0.5, 0.6) is 0 Å². The van der Waals surface area contributed by atoms with E-state index in [9.17, 15) is 4.79 Å². The second-order valence-electron chi connectivity index (χ2n) is 8.15. The number of rotatable bonds is 4. The Hall–Kier alpha value is -0.570. The number of nitrogens with one attached hydrogen (secondary N) is 2. The topological polar surface area (TPSA) is 41.1 Å². The van der Waals surface area contributed by atoms with E-state index >= 15 is 0 Å². The zero-order chi connectivity index (χ0) is 14.2. The van der Waals surface area contributed by atoms with Crippen molar-refractivity contribution in [2.45, 2.75) is 88.8 Å². The van der Waals surface area contributed by atoms with Gasteiger partial charge < -0.3 is 10.6 Å². The molecule has 0 aromatic rings. The summed E-state index contributed by atoms with van der Waals surface area (Å²) in [5.41, 5.74) is 0. The van der Waals surface area contributed by atoms with Crippen LogP contribution in [0.3, 0.4) is 0 Å². The molecular weight excluding hydrogens is 260 g/mol. The fraction of sp³-hybridized carbons (Fsp3) is 0.944. The van der Waals surface area contributed by atoms with Crippen LogP contribution in [0.25, 0.3) is 0 Å². The molecule has 2 bridgehead atoms. The fourth-order valence-corrected chi connectivity index (χ4v) is 5.33. The highest BCUT2D eigenvalue weighted by Gasteiger charge is 2.44. The van der Waals surface area contributed by atoms with Gasteiger partial charge in [-0.3, -0.25) is 4.79 Å². The first-order chi connectivity index (χ1) is 10.3. The van der Waals surface area contributed by atoms with Crippen LogP contribution in [0.15, 0.2) is 0 Å². The van der Waals surface area contributed by atoms with E-state index in [0.717, 1.165) is 18.3 Å². The molecule has 2 aliphatic heterocycles. The first kappa shape index (κ1) is 14.0. The van der Waals surface area contributed by atoms with E-state index < -0.39 is 0 Å². The number of carbonyl (C=O) groups excluding carboxylic acids is 1. The average Bonchev–Trinajstić information content (AvgIpc) is 3.16. The van der Waals surface area contributed by atoms with Gasteiger partial charge in [0, 0.05) is 24.5 Å². The summed E-state index contributed by atoms with van der Waals surface area (Å²) < 4.78 is 0. The molecule has 4 unspecified atom stereocenters. The van der Waals surface area contributed by atoms with E-state index in [2.05, 4.69) is 10.6 Å². The van der Waals surface area contributed by atoms with Crippen molar-refractivity contribution < 1.29 is 4.79 Å². The van der Waals surface area contributed by atoms with Gasteiger partial charge in [-0.05, 0) is 49.9 Å². The molecule has 21 heavy (non-hydrogen) atoms. The van der Waals surface area contributed by atoms with Crippen LogP contribution in [0.4, 0.5) is 0 Å². The van der Waals surface area contributed by atoms with Gasteiger partial charge >= 0.3 is 0 Å². The van der Waals surface area contributed by atoms with Crippen LogP contribution in [0, 0.1) is 17.8 Å². The Bertz CT molecular complexity index is 379. The maximum Gasteiger partial charge on any atom is 0.220 e. The first-order valence-electron chi connectivity index (χ1n) is 9.33. The quantitative estimate of drug-likeness (QED) is 0.835. The van der Waals surface area contributed by atoms with Crippen molar-refractivity contribution in [1.82, 2.24) is 10.6 Å². The van der Waals surface area contributed by atoms with E-state index in [0.29, 0.717) is 30.0 Å². The minimum atomic E-state index is 0.338. The van der Waals surface area contributed by atoms with Crippen LogP contribution < -0.4 is 10.6 Å². The second-order valence-corrected chi connectivity index (χ2v) is 8.15. The van der Waals surface area contributed by atoms with Crippen molar-refractivity contribution in [1.29, 1.82) is 0 Å². The first-order valence-corrected chi connectivity index (χ1v) is 9.33. The summed E-state index contributed by atoms with van der Waals surface area (Å²) >= 11 is 0. The largest absolute Gasteiger partial charge is 0.353 e. The number of carbonyl (C=O) groups is 1. The van der Waals surface area contributed by atoms with E-state index in [-0.39, 0.29) is 0 Å². The standard InChI is InChI=1S/C18H30N2O/c21-18(10-12-8-14-6-7-15(9-12)19-14)20-17-11-16(17)13-4-2-1-3-5-13/h12-17,19H,1-11H2,(H,20,21). The van der Waals surface area contributed by atoms with Crippen molar-refractivity contribution in [2.24, 2.45) is 17.8 Å². The van der Waals surface area contributed by atoms with Gasteiger partial charge in [-0.2, -0.15) is 0 Å². The summed E-state index contributed by atoms with van der Waals surface area (Å²) in [6, 6.07) is 1.94. The van der Waals surface area contributed by atoms with Gasteiger partial charge in [-0.15, -0.1) is 0 Å². The van der Waals surface area contributed by atoms with E-state index in [1.165, 1.54) is 64.2 Å². The highest BCUT2D eigenvalue weighted by molar-refractivity contribution is 5.77. The minimum Gasteiger partial charge on any atom is -0.353 e. The Morgan fingerprint density at radius 3 is 2.38 bits per heavy atom. The highest BCUT2D eigenvalue weighted by Crippen LogP contribution is 2.44. The molecule has 0 aromatic carbocycles. The molecule has 2 saturated carbocycles. The van der Waals surface area contributed by atoms with Crippen molar-refractivity contribution >= 4 is 5.91 Å². The average molecular weight is 290 g/mol. The molecule has 0 radical (unpaired) electrons. The molecule has 3 nitrogen and oxygen atoms in total. The fourth-order valence-electron chi connectivity index (χ4n) is 5.33. The van der Waals surface area contributed by atoms with Gasteiger partial charge in [0.1, 0.15) is 0 Å². The molecule has 4 atom stereocenters. The Labute approximate surface area is 128 Å². The molecule has 2 N–H and O–H groups in total. The van der Waals surface area contributed by atoms with Crippen LogP contribution in [-0.2, 0) is 4.79 Å². The van der Waals surface area contributed by atoms with Gasteiger partial charge in [0.25, 0.3) is 0 Å². The molecule has 0 spiro atoms. The molecule has 1 amide bonds. The molecule has 4 fully saturated rings. The Morgan fingerprint density at radius 1 is 0.952 bits per heavy atom. The summed E-state index contributed by atoms with van der Waals surface area (Å²) in [5, 5.41) is 7.00. The van der Waals surface area contributed by atoms with E-state index in [1.54, 1.807) is 0 Å². The number of fused-ring (bicyclic) bond motifs is 2. The zero-order valence-electron chi connectivity index (χ0n) is 13.2. The monoisotopic (exact) mass is 290 g/mol. The molecule has 2 heterocycles. The summed E-state index contributed by atoms with van der Waals surface area (Å²) in [6.07, 6.45) is 14.2. The highest BCUT2D eigenvalue weighted by atomic mass is 16.1. The maximum absolute atomic E-state index is 12.3. The van der Waals surface area contributed by atoms with Crippen molar-refractivity contribution in [3.05, 3.63) is 0 Å². The predicted octanol–water partition coefficient (Wildman–Crippen LogP) is 2.99. The van der Waals surface area contributed by atoms with Gasteiger partial charge in [-0.1, -0.05) is 32.1 Å². The molecule has 4 aliphatic rings. The third-order valence-corrected chi connectivity index (χ3v) is 6.49. The molecule has 2 aliphatic carbocycles. The lowest BCUT2D eigenvalue weighted by molar-refractivity contribution is -0.122. The van der Waals surface area contributed by atoms with E-state index in [4.69, 9.17) is 0 Å². The summed E-state index contributed by atoms with van der Waals surface area (Å²) in [7, 11) is 0. The molecule has 0 aromatic heterocycles. The number of amides is 1.